The standard InChI is InChI=1S/C12H16N4OS3/c1-6-7(2)20-9(5-18-6)11-15-12(17-16-11)8-4-19-10(3-13)14-8/h4,6-7,9H,3,5,13H2,1-2H3. The van der Waals surface area contributed by atoms with Crippen LogP contribution < -0.4 is 5.73 Å². The third kappa shape index (κ3) is 2.88. The quantitative estimate of drug-likeness (QED) is 0.928. The van der Waals surface area contributed by atoms with E-state index in [9.17, 15) is 0 Å². The maximum absolute atomic E-state index is 5.57. The zero-order valence-electron chi connectivity index (χ0n) is 11.3. The molecular weight excluding hydrogens is 312 g/mol. The van der Waals surface area contributed by atoms with Crippen molar-refractivity contribution in [1.82, 2.24) is 15.1 Å². The van der Waals surface area contributed by atoms with Crippen molar-refractivity contribution in [2.45, 2.75) is 36.1 Å². The second-order valence-corrected chi connectivity index (χ2v) is 8.59. The van der Waals surface area contributed by atoms with Gasteiger partial charge in [0.1, 0.15) is 10.7 Å². The Morgan fingerprint density at radius 2 is 2.20 bits per heavy atom. The van der Waals surface area contributed by atoms with E-state index in [1.54, 1.807) is 0 Å². The van der Waals surface area contributed by atoms with Gasteiger partial charge in [0.25, 0.3) is 5.89 Å². The second-order valence-electron chi connectivity index (χ2n) is 4.66. The topological polar surface area (TPSA) is 77.8 Å². The minimum Gasteiger partial charge on any atom is -0.332 e. The summed E-state index contributed by atoms with van der Waals surface area (Å²) in [4.78, 5) is 8.87. The van der Waals surface area contributed by atoms with Crippen molar-refractivity contribution in [1.29, 1.82) is 0 Å². The van der Waals surface area contributed by atoms with Crippen LogP contribution in [0.25, 0.3) is 11.6 Å². The van der Waals surface area contributed by atoms with E-state index in [0.717, 1.165) is 22.3 Å². The van der Waals surface area contributed by atoms with Gasteiger partial charge in [0.05, 0.1) is 5.25 Å². The molecule has 0 aromatic carbocycles. The molecule has 3 rings (SSSR count). The minimum absolute atomic E-state index is 0.302. The van der Waals surface area contributed by atoms with Gasteiger partial charge in [-0.15, -0.1) is 23.1 Å². The Balaban J connectivity index is 1.76. The first-order valence-electron chi connectivity index (χ1n) is 6.43. The lowest BCUT2D eigenvalue weighted by atomic mass is 10.3. The summed E-state index contributed by atoms with van der Waals surface area (Å²) in [5, 5.41) is 8.49. The molecule has 0 amide bonds. The molecule has 2 N–H and O–H groups in total. The lowest BCUT2D eigenvalue weighted by Gasteiger charge is -2.29. The van der Waals surface area contributed by atoms with Crippen molar-refractivity contribution < 1.29 is 4.52 Å². The number of thiazole rings is 1. The number of aromatic nitrogens is 3. The average Bonchev–Trinajstić information content (AvgIpc) is 3.09. The molecule has 1 aliphatic heterocycles. The summed E-state index contributed by atoms with van der Waals surface area (Å²) in [6.07, 6.45) is 0. The fourth-order valence-electron chi connectivity index (χ4n) is 1.89. The van der Waals surface area contributed by atoms with Crippen molar-refractivity contribution in [3.8, 4) is 11.6 Å². The number of rotatable bonds is 3. The van der Waals surface area contributed by atoms with Crippen LogP contribution in [0.15, 0.2) is 9.90 Å². The Labute approximate surface area is 130 Å². The number of hydrogen-bond donors (Lipinski definition) is 1. The van der Waals surface area contributed by atoms with Crippen molar-refractivity contribution >= 4 is 34.9 Å². The molecule has 20 heavy (non-hydrogen) atoms. The molecule has 3 atom stereocenters. The predicted octanol–water partition coefficient (Wildman–Crippen LogP) is 2.95. The molecule has 3 unspecified atom stereocenters. The zero-order valence-corrected chi connectivity index (χ0v) is 13.7. The maximum atomic E-state index is 5.57. The van der Waals surface area contributed by atoms with E-state index in [0.29, 0.717) is 28.2 Å². The summed E-state index contributed by atoms with van der Waals surface area (Å²) < 4.78 is 5.34. The molecule has 2 aromatic heterocycles. The van der Waals surface area contributed by atoms with Gasteiger partial charge in [0.15, 0.2) is 5.82 Å². The van der Waals surface area contributed by atoms with Gasteiger partial charge in [-0.25, -0.2) is 4.98 Å². The Bertz CT molecular complexity index is 585. The molecule has 0 spiro atoms. The molecule has 3 heterocycles. The molecule has 2 aromatic rings. The highest BCUT2D eigenvalue weighted by Gasteiger charge is 2.30. The van der Waals surface area contributed by atoms with Crippen molar-refractivity contribution in [2.24, 2.45) is 5.73 Å². The molecule has 0 aliphatic carbocycles. The Kier molecular flexibility index (Phi) is 4.34. The number of hydrogen-bond acceptors (Lipinski definition) is 8. The van der Waals surface area contributed by atoms with Crippen molar-refractivity contribution in [3.05, 3.63) is 16.2 Å². The minimum atomic E-state index is 0.302. The SMILES string of the molecule is CC1SCC(c2noc(-c3csc(CN)n3)n2)SC1C. The van der Waals surface area contributed by atoms with Crippen LogP contribution in [-0.2, 0) is 6.54 Å². The first kappa shape index (κ1) is 14.4. The van der Waals surface area contributed by atoms with E-state index >= 15 is 0 Å². The second kappa shape index (κ2) is 6.05. The summed E-state index contributed by atoms with van der Waals surface area (Å²) in [5.41, 5.74) is 6.29. The van der Waals surface area contributed by atoms with Crippen LogP contribution >= 0.6 is 34.9 Å². The van der Waals surface area contributed by atoms with E-state index < -0.39 is 0 Å². The average molecular weight is 328 g/mol. The number of nitrogens with zero attached hydrogens (tertiary/aromatic N) is 3. The van der Waals surface area contributed by atoms with Gasteiger partial charge in [-0.3, -0.25) is 0 Å². The van der Waals surface area contributed by atoms with Gasteiger partial charge in [-0.1, -0.05) is 19.0 Å². The molecule has 5 nitrogen and oxygen atoms in total. The lowest BCUT2D eigenvalue weighted by molar-refractivity contribution is 0.422. The summed E-state index contributed by atoms with van der Waals surface area (Å²) in [6, 6.07) is 0. The summed E-state index contributed by atoms with van der Waals surface area (Å²) in [5.74, 6) is 2.30. The predicted molar refractivity (Wildman–Crippen MR) is 85.0 cm³/mol. The van der Waals surface area contributed by atoms with Crippen LogP contribution in [0.2, 0.25) is 0 Å². The van der Waals surface area contributed by atoms with E-state index in [1.807, 2.05) is 28.9 Å². The Morgan fingerprint density at radius 3 is 2.90 bits per heavy atom. The van der Waals surface area contributed by atoms with Crippen LogP contribution in [-0.4, -0.2) is 31.4 Å². The van der Waals surface area contributed by atoms with Gasteiger partial charge in [0, 0.05) is 28.2 Å². The lowest BCUT2D eigenvalue weighted by Crippen LogP contribution is -2.22. The number of nitrogens with two attached hydrogens (primary N) is 1. The van der Waals surface area contributed by atoms with Gasteiger partial charge in [0.2, 0.25) is 0 Å². The first-order valence-corrected chi connectivity index (χ1v) is 9.30. The molecule has 0 radical (unpaired) electrons. The molecule has 1 aliphatic rings. The van der Waals surface area contributed by atoms with Gasteiger partial charge in [-0.2, -0.15) is 16.7 Å². The summed E-state index contributed by atoms with van der Waals surface area (Å²) >= 11 is 5.41. The Morgan fingerprint density at radius 1 is 1.35 bits per heavy atom. The van der Waals surface area contributed by atoms with Crippen LogP contribution in [0.3, 0.4) is 0 Å². The van der Waals surface area contributed by atoms with Crippen LogP contribution in [0.4, 0.5) is 0 Å². The van der Waals surface area contributed by atoms with E-state index in [-0.39, 0.29) is 0 Å². The fourth-order valence-corrected chi connectivity index (χ4v) is 5.37. The molecule has 1 fully saturated rings. The number of thioether (sulfide) groups is 2. The molecule has 0 saturated carbocycles. The third-order valence-corrected chi connectivity index (χ3v) is 7.48. The van der Waals surface area contributed by atoms with Gasteiger partial charge >= 0.3 is 0 Å². The van der Waals surface area contributed by atoms with E-state index in [2.05, 4.69) is 29.0 Å². The Hall–Kier alpha value is -0.570. The molecule has 1 saturated heterocycles. The summed E-state index contributed by atoms with van der Waals surface area (Å²) in [6.45, 7) is 4.96. The van der Waals surface area contributed by atoms with E-state index in [1.165, 1.54) is 11.3 Å². The van der Waals surface area contributed by atoms with Crippen molar-refractivity contribution in [2.75, 3.05) is 5.75 Å². The smallest absolute Gasteiger partial charge is 0.277 e. The van der Waals surface area contributed by atoms with Crippen LogP contribution in [0, 0.1) is 0 Å². The highest BCUT2D eigenvalue weighted by atomic mass is 32.2. The maximum Gasteiger partial charge on any atom is 0.277 e. The van der Waals surface area contributed by atoms with E-state index in [4.69, 9.17) is 10.3 Å². The fraction of sp³-hybridized carbons (Fsp3) is 0.583. The first-order chi connectivity index (χ1) is 9.67. The molecule has 0 bridgehead atoms. The molecular formula is C12H16N4OS3. The van der Waals surface area contributed by atoms with Gasteiger partial charge < -0.3 is 10.3 Å². The largest absolute Gasteiger partial charge is 0.332 e. The highest BCUT2D eigenvalue weighted by Crippen LogP contribution is 2.43. The zero-order chi connectivity index (χ0) is 14.1. The monoisotopic (exact) mass is 328 g/mol. The summed E-state index contributed by atoms with van der Waals surface area (Å²) in [7, 11) is 0. The normalized spacial score (nSPS) is 26.9. The van der Waals surface area contributed by atoms with Gasteiger partial charge in [-0.05, 0) is 0 Å². The molecule has 8 heteroatoms. The van der Waals surface area contributed by atoms with Crippen molar-refractivity contribution in [3.63, 3.8) is 0 Å². The van der Waals surface area contributed by atoms with Crippen LogP contribution in [0.5, 0.6) is 0 Å². The third-order valence-electron chi connectivity index (χ3n) is 3.23. The highest BCUT2D eigenvalue weighted by molar-refractivity contribution is 8.07. The molecule has 108 valence electrons. The van der Waals surface area contributed by atoms with Crippen LogP contribution in [0.1, 0.15) is 29.9 Å².